The SMILES string of the molecule is Clc1c(N(c2ccccc2)c2ccccc2)cc(C2CCCCC2)cc1N(c1ccccc1)c1ccccc1.c1ccc(N2c3ccccc3B3c4ccccc4N(c4ccccc4)c4cc(C5CCCCC5)cc2c43)cc1. The predicted molar refractivity (Wildman–Crippen MR) is 333 cm³/mol. The highest BCUT2D eigenvalue weighted by molar-refractivity contribution is 7.00. The van der Waals surface area contributed by atoms with Crippen LogP contribution in [0.2, 0.25) is 5.02 Å². The number of hydrogen-bond donors (Lipinski definition) is 0. The minimum Gasteiger partial charge on any atom is -0.311 e. The third kappa shape index (κ3) is 9.56. The van der Waals surface area contributed by atoms with Crippen molar-refractivity contribution in [1.29, 1.82) is 0 Å². The summed E-state index contributed by atoms with van der Waals surface area (Å²) in [4.78, 5) is 9.64. The summed E-state index contributed by atoms with van der Waals surface area (Å²) < 4.78 is 0. The number of fused-ring (bicyclic) bond motifs is 4. The van der Waals surface area contributed by atoms with Crippen molar-refractivity contribution in [3.8, 4) is 0 Å². The van der Waals surface area contributed by atoms with Crippen molar-refractivity contribution in [2.24, 2.45) is 0 Å². The maximum absolute atomic E-state index is 7.53. The summed E-state index contributed by atoms with van der Waals surface area (Å²) in [5.41, 5.74) is 21.0. The Morgan fingerprint density at radius 3 is 1.00 bits per heavy atom. The van der Waals surface area contributed by atoms with Crippen molar-refractivity contribution in [3.63, 3.8) is 0 Å². The van der Waals surface area contributed by atoms with Gasteiger partial charge in [-0.3, -0.25) is 0 Å². The second-order valence-electron chi connectivity index (χ2n) is 21.4. The Kier molecular flexibility index (Phi) is 14.2. The first-order valence-corrected chi connectivity index (χ1v) is 28.8. The molecule has 0 unspecified atom stereocenters. The molecule has 0 spiro atoms. The number of hydrogen-bond acceptors (Lipinski definition) is 4. The fraction of sp³-hybridized carbons (Fsp3) is 0.167. The third-order valence-electron chi connectivity index (χ3n) is 16.7. The summed E-state index contributed by atoms with van der Waals surface area (Å²) >= 11 is 7.53. The third-order valence-corrected chi connectivity index (χ3v) is 17.1. The van der Waals surface area contributed by atoms with Crippen LogP contribution in [0.5, 0.6) is 0 Å². The molecule has 2 heterocycles. The number of nitrogens with zero attached hydrogens (tertiary/aromatic N) is 4. The highest BCUT2D eigenvalue weighted by Gasteiger charge is 2.43. The van der Waals surface area contributed by atoms with Gasteiger partial charge in [-0.1, -0.05) is 196 Å². The lowest BCUT2D eigenvalue weighted by molar-refractivity contribution is 0.444. The van der Waals surface area contributed by atoms with Gasteiger partial charge in [-0.05, 0) is 174 Å². The van der Waals surface area contributed by atoms with E-state index >= 15 is 0 Å². The van der Waals surface area contributed by atoms with Crippen LogP contribution in [-0.4, -0.2) is 6.71 Å². The predicted octanol–water partition coefficient (Wildman–Crippen LogP) is 19.1. The van der Waals surface area contributed by atoms with E-state index in [1.807, 2.05) is 0 Å². The lowest BCUT2D eigenvalue weighted by Crippen LogP contribution is -2.61. The molecule has 10 aromatic rings. The van der Waals surface area contributed by atoms with Crippen LogP contribution in [0.1, 0.15) is 87.2 Å². The van der Waals surface area contributed by atoms with Crippen LogP contribution in [0.15, 0.2) is 255 Å². The molecule has 0 amide bonds. The van der Waals surface area contributed by atoms with E-state index in [2.05, 4.69) is 274 Å². The lowest BCUT2D eigenvalue weighted by atomic mass is 9.33. The molecule has 2 aliphatic heterocycles. The van der Waals surface area contributed by atoms with E-state index < -0.39 is 0 Å². The van der Waals surface area contributed by atoms with Gasteiger partial charge in [0.1, 0.15) is 0 Å². The zero-order chi connectivity index (χ0) is 52.2. The lowest BCUT2D eigenvalue weighted by Gasteiger charge is -2.44. The van der Waals surface area contributed by atoms with E-state index in [1.165, 1.54) is 126 Å². The minimum atomic E-state index is 0.197. The Balaban J connectivity index is 0.000000148. The standard InChI is InChI=1S/C36H31BN2.C36H33ClN2/c1-4-14-26(15-5-1)27-24-34-36-35(25-27)39(29-18-8-3-9-19-29)33-23-13-11-21-31(33)37(36)30-20-10-12-22-32(30)38(34)28-16-6-2-7-17-28;37-36-34(38(30-18-8-2-9-19-30)31-20-10-3-11-21-31)26-29(28-16-6-1-7-17-28)27-35(36)39(32-22-12-4-13-23-32)33-24-14-5-15-25-33/h2-3,6-13,16-26H,1,4-5,14-15H2;2-5,8-15,18-28H,1,6-7,16-17H2. The molecular weight excluding hydrogens is 967 g/mol. The fourth-order valence-electron chi connectivity index (χ4n) is 13.1. The van der Waals surface area contributed by atoms with Crippen LogP contribution < -0.4 is 36.0 Å². The molecule has 0 N–H and O–H groups in total. The molecule has 2 aliphatic carbocycles. The highest BCUT2D eigenvalue weighted by atomic mass is 35.5. The first-order chi connectivity index (χ1) is 38.7. The number of benzene rings is 10. The molecule has 4 nitrogen and oxygen atoms in total. The monoisotopic (exact) mass is 1030 g/mol. The van der Waals surface area contributed by atoms with Crippen LogP contribution in [-0.2, 0) is 0 Å². The van der Waals surface area contributed by atoms with Gasteiger partial charge in [0.15, 0.2) is 0 Å². The van der Waals surface area contributed by atoms with E-state index in [1.54, 1.807) is 0 Å². The largest absolute Gasteiger partial charge is 0.311 e. The average molecular weight is 1030 g/mol. The zero-order valence-corrected chi connectivity index (χ0v) is 45.0. The van der Waals surface area contributed by atoms with Gasteiger partial charge in [-0.15, -0.1) is 0 Å². The number of anilines is 12. The van der Waals surface area contributed by atoms with E-state index in [-0.39, 0.29) is 6.71 Å². The Morgan fingerprint density at radius 2 is 0.641 bits per heavy atom. The van der Waals surface area contributed by atoms with Crippen molar-refractivity contribution >= 4 is 103 Å². The van der Waals surface area contributed by atoms with E-state index in [0.717, 1.165) is 39.1 Å². The summed E-state index contributed by atoms with van der Waals surface area (Å²) in [6.07, 6.45) is 12.9. The maximum atomic E-state index is 7.53. The van der Waals surface area contributed by atoms with Gasteiger partial charge in [0.05, 0.1) is 16.4 Å². The van der Waals surface area contributed by atoms with Gasteiger partial charge < -0.3 is 19.6 Å². The Labute approximate surface area is 466 Å². The van der Waals surface area contributed by atoms with Gasteiger partial charge in [-0.25, -0.2) is 0 Å². The van der Waals surface area contributed by atoms with Crippen LogP contribution in [0, 0.1) is 0 Å². The van der Waals surface area contributed by atoms with Crippen LogP contribution in [0.4, 0.5) is 68.2 Å². The molecule has 0 atom stereocenters. The van der Waals surface area contributed by atoms with Crippen molar-refractivity contribution in [1.82, 2.24) is 0 Å². The van der Waals surface area contributed by atoms with Gasteiger partial charge in [0.25, 0.3) is 6.71 Å². The quantitative estimate of drug-likeness (QED) is 0.127. The van der Waals surface area contributed by atoms with Crippen molar-refractivity contribution in [3.05, 3.63) is 271 Å². The minimum absolute atomic E-state index is 0.197. The van der Waals surface area contributed by atoms with Gasteiger partial charge in [-0.2, -0.15) is 0 Å². The van der Waals surface area contributed by atoms with Crippen molar-refractivity contribution < 1.29 is 0 Å². The smallest absolute Gasteiger partial charge is 0.252 e. The second kappa shape index (κ2) is 22.4. The number of para-hydroxylation sites is 8. The normalized spacial score (nSPS) is 14.8. The maximum Gasteiger partial charge on any atom is 0.252 e. The first kappa shape index (κ1) is 49.3. The molecule has 0 radical (unpaired) electrons. The molecule has 4 aliphatic rings. The van der Waals surface area contributed by atoms with E-state index in [9.17, 15) is 0 Å². The van der Waals surface area contributed by atoms with Crippen LogP contribution in [0.3, 0.4) is 0 Å². The fourth-order valence-corrected chi connectivity index (χ4v) is 13.4. The first-order valence-electron chi connectivity index (χ1n) is 28.4. The van der Waals surface area contributed by atoms with Crippen molar-refractivity contribution in [2.75, 3.05) is 19.6 Å². The van der Waals surface area contributed by atoms with Crippen LogP contribution >= 0.6 is 11.6 Å². The van der Waals surface area contributed by atoms with Gasteiger partial charge in [0, 0.05) is 56.9 Å². The summed E-state index contributed by atoms with van der Waals surface area (Å²) in [5, 5.41) is 0.731. The van der Waals surface area contributed by atoms with E-state index in [0.29, 0.717) is 11.8 Å². The summed E-state index contributed by atoms with van der Waals surface area (Å²) in [6.45, 7) is 0.197. The molecule has 0 saturated heterocycles. The Morgan fingerprint density at radius 1 is 0.333 bits per heavy atom. The molecule has 0 bridgehead atoms. The molecule has 14 rings (SSSR count). The van der Waals surface area contributed by atoms with Crippen molar-refractivity contribution in [2.45, 2.75) is 76.0 Å². The summed E-state index contributed by atoms with van der Waals surface area (Å²) in [7, 11) is 0. The van der Waals surface area contributed by atoms with Crippen LogP contribution in [0.25, 0.3) is 0 Å². The van der Waals surface area contributed by atoms with E-state index in [4.69, 9.17) is 11.6 Å². The molecule has 2 fully saturated rings. The average Bonchev–Trinajstić information content (AvgIpc) is 3.71. The molecule has 2 saturated carbocycles. The molecule has 0 aromatic heterocycles. The summed E-state index contributed by atoms with van der Waals surface area (Å²) in [6, 6.07) is 91.9. The highest BCUT2D eigenvalue weighted by Crippen LogP contribution is 2.51. The molecule has 10 aromatic carbocycles. The number of halogens is 1. The van der Waals surface area contributed by atoms with Gasteiger partial charge in [0.2, 0.25) is 0 Å². The molecule has 382 valence electrons. The number of rotatable bonds is 10. The molecule has 78 heavy (non-hydrogen) atoms. The summed E-state index contributed by atoms with van der Waals surface area (Å²) in [5.74, 6) is 1.14. The second-order valence-corrected chi connectivity index (χ2v) is 21.8. The topological polar surface area (TPSA) is 13.0 Å². The Hall–Kier alpha value is -8.25. The molecule has 6 heteroatoms. The zero-order valence-electron chi connectivity index (χ0n) is 44.2. The Bertz CT molecular complexity index is 3310. The van der Waals surface area contributed by atoms with Gasteiger partial charge >= 0.3 is 0 Å². The molecular formula is C72H64BClN4.